The van der Waals surface area contributed by atoms with E-state index in [0.717, 1.165) is 67.0 Å². The van der Waals surface area contributed by atoms with Crippen LogP contribution in [0.2, 0.25) is 0 Å². The molecule has 35 heavy (non-hydrogen) atoms. The molecule has 2 N–H and O–H groups in total. The number of carbonyl (C=O) groups excluding carboxylic acids is 1. The smallest absolute Gasteiger partial charge is 0.475 e. The van der Waals surface area contributed by atoms with Gasteiger partial charge >= 0.3 is 12.1 Å². The molecule has 3 heterocycles. The van der Waals surface area contributed by atoms with Gasteiger partial charge in [0, 0.05) is 58.2 Å². The number of halogens is 3. The summed E-state index contributed by atoms with van der Waals surface area (Å²) in [6.45, 7) is 4.53. The molecule has 2 aromatic heterocycles. The number of anilines is 2. The number of aliphatic carboxylic acids is 1. The maximum absolute atomic E-state index is 12.7. The van der Waals surface area contributed by atoms with Crippen LogP contribution >= 0.6 is 0 Å². The van der Waals surface area contributed by atoms with E-state index in [1.807, 2.05) is 25.4 Å². The summed E-state index contributed by atoms with van der Waals surface area (Å²) in [5.74, 6) is -0.555. The van der Waals surface area contributed by atoms with Crippen LogP contribution in [0.1, 0.15) is 40.0 Å². The summed E-state index contributed by atoms with van der Waals surface area (Å²) in [6, 6.07) is 2.04. The van der Waals surface area contributed by atoms with Crippen LogP contribution in [0.25, 0.3) is 0 Å². The first kappa shape index (κ1) is 26.2. The van der Waals surface area contributed by atoms with Gasteiger partial charge in [-0.25, -0.2) is 19.7 Å². The Morgan fingerprint density at radius 2 is 1.77 bits per heavy atom. The molecular formula is C23H29F3N6O3. The SMILES string of the molecule is Cc1cnc(N2CCc3cc(C(=O)N(C)C)c(NCC4CC4)nc3CC2)nc1.O=C(O)C(F)(F)F. The molecule has 0 unspecified atom stereocenters. The third-order valence-electron chi connectivity index (χ3n) is 5.65. The van der Waals surface area contributed by atoms with E-state index in [2.05, 4.69) is 20.2 Å². The first-order valence-corrected chi connectivity index (χ1v) is 11.3. The third-order valence-corrected chi connectivity index (χ3v) is 5.65. The Morgan fingerprint density at radius 3 is 2.31 bits per heavy atom. The summed E-state index contributed by atoms with van der Waals surface area (Å²) in [5.41, 5.74) is 3.95. The number of carboxylic acid groups (broad SMARTS) is 1. The highest BCUT2D eigenvalue weighted by molar-refractivity contribution is 5.98. The van der Waals surface area contributed by atoms with Crippen molar-refractivity contribution < 1.29 is 27.9 Å². The molecule has 12 heteroatoms. The molecule has 1 aliphatic carbocycles. The number of pyridine rings is 1. The molecule has 2 aromatic rings. The van der Waals surface area contributed by atoms with E-state index >= 15 is 0 Å². The minimum Gasteiger partial charge on any atom is -0.475 e. The number of aryl methyl sites for hydroxylation is 1. The summed E-state index contributed by atoms with van der Waals surface area (Å²) in [4.78, 5) is 39.3. The van der Waals surface area contributed by atoms with Gasteiger partial charge in [-0.2, -0.15) is 13.2 Å². The fourth-order valence-corrected chi connectivity index (χ4v) is 3.48. The van der Waals surface area contributed by atoms with Gasteiger partial charge in [-0.05, 0) is 49.3 Å². The molecule has 9 nitrogen and oxygen atoms in total. The molecular weight excluding hydrogens is 465 g/mol. The number of carbonyl (C=O) groups is 2. The molecule has 1 amide bonds. The van der Waals surface area contributed by atoms with Crippen LogP contribution in [0.5, 0.6) is 0 Å². The van der Waals surface area contributed by atoms with Crippen LogP contribution < -0.4 is 10.2 Å². The number of amides is 1. The van der Waals surface area contributed by atoms with Gasteiger partial charge in [0.25, 0.3) is 5.91 Å². The topological polar surface area (TPSA) is 112 Å². The predicted molar refractivity (Wildman–Crippen MR) is 124 cm³/mol. The monoisotopic (exact) mass is 494 g/mol. The molecule has 190 valence electrons. The average Bonchev–Trinajstić information content (AvgIpc) is 3.64. The van der Waals surface area contributed by atoms with Gasteiger partial charge in [0.1, 0.15) is 5.82 Å². The molecule has 0 spiro atoms. The summed E-state index contributed by atoms with van der Waals surface area (Å²) in [5, 5.41) is 10.6. The second-order valence-corrected chi connectivity index (χ2v) is 8.86. The van der Waals surface area contributed by atoms with Crippen molar-refractivity contribution in [2.45, 2.75) is 38.8 Å². The predicted octanol–water partition coefficient (Wildman–Crippen LogP) is 2.94. The van der Waals surface area contributed by atoms with Crippen LogP contribution in [0.15, 0.2) is 18.5 Å². The number of nitrogens with zero attached hydrogens (tertiary/aromatic N) is 5. The quantitative estimate of drug-likeness (QED) is 0.653. The molecule has 0 atom stereocenters. The molecule has 2 aliphatic rings. The van der Waals surface area contributed by atoms with E-state index < -0.39 is 12.1 Å². The zero-order valence-electron chi connectivity index (χ0n) is 19.9. The number of hydrogen-bond acceptors (Lipinski definition) is 7. The van der Waals surface area contributed by atoms with E-state index in [9.17, 15) is 18.0 Å². The maximum atomic E-state index is 12.7. The second-order valence-electron chi connectivity index (χ2n) is 8.86. The minimum absolute atomic E-state index is 0.00318. The van der Waals surface area contributed by atoms with Crippen LogP contribution in [-0.2, 0) is 17.6 Å². The lowest BCUT2D eigenvalue weighted by molar-refractivity contribution is -0.192. The Balaban J connectivity index is 0.000000429. The summed E-state index contributed by atoms with van der Waals surface area (Å²) < 4.78 is 31.7. The number of nitrogens with one attached hydrogen (secondary N) is 1. The first-order chi connectivity index (χ1) is 16.5. The van der Waals surface area contributed by atoms with Gasteiger partial charge in [-0.1, -0.05) is 0 Å². The fourth-order valence-electron chi connectivity index (χ4n) is 3.48. The Morgan fingerprint density at radius 1 is 1.17 bits per heavy atom. The van der Waals surface area contributed by atoms with E-state index in [0.29, 0.717) is 5.56 Å². The Kier molecular flexibility index (Phi) is 8.13. The van der Waals surface area contributed by atoms with Crippen molar-refractivity contribution in [3.8, 4) is 0 Å². The zero-order valence-corrected chi connectivity index (χ0v) is 19.9. The summed E-state index contributed by atoms with van der Waals surface area (Å²) >= 11 is 0. The van der Waals surface area contributed by atoms with Crippen LogP contribution in [0, 0.1) is 12.8 Å². The van der Waals surface area contributed by atoms with Crippen molar-refractivity contribution in [3.63, 3.8) is 0 Å². The number of carboxylic acids is 1. The molecule has 0 aromatic carbocycles. The normalized spacial score (nSPS) is 15.3. The number of rotatable bonds is 5. The molecule has 0 bridgehead atoms. The molecule has 4 rings (SSSR count). The minimum atomic E-state index is -5.08. The second kappa shape index (κ2) is 10.9. The van der Waals surface area contributed by atoms with Gasteiger partial charge in [-0.3, -0.25) is 4.79 Å². The third kappa shape index (κ3) is 7.27. The molecule has 1 fully saturated rings. The Bertz CT molecular complexity index is 1060. The maximum Gasteiger partial charge on any atom is 0.490 e. The number of aromatic nitrogens is 3. The van der Waals surface area contributed by atoms with E-state index in [1.54, 1.807) is 19.0 Å². The number of fused-ring (bicyclic) bond motifs is 1. The van der Waals surface area contributed by atoms with E-state index in [4.69, 9.17) is 14.9 Å². The molecule has 1 aliphatic heterocycles. The van der Waals surface area contributed by atoms with Crippen molar-refractivity contribution in [1.29, 1.82) is 0 Å². The highest BCUT2D eigenvalue weighted by Crippen LogP contribution is 2.30. The highest BCUT2D eigenvalue weighted by atomic mass is 19.4. The summed E-state index contributed by atoms with van der Waals surface area (Å²) in [7, 11) is 3.57. The number of alkyl halides is 3. The lowest BCUT2D eigenvalue weighted by Crippen LogP contribution is -2.27. The number of hydrogen-bond donors (Lipinski definition) is 2. The van der Waals surface area contributed by atoms with Crippen LogP contribution in [0.4, 0.5) is 24.9 Å². The van der Waals surface area contributed by atoms with Crippen molar-refractivity contribution in [2.24, 2.45) is 5.92 Å². The molecule has 0 radical (unpaired) electrons. The Hall–Kier alpha value is -3.44. The standard InChI is InChI=1S/C21H28N6O.C2HF3O2/c1-14-11-23-21(24-12-14)27-8-6-16-10-17(20(28)26(2)3)19(22-13-15-4-5-15)25-18(16)7-9-27;3-2(4,5)1(6)7/h10-12,15H,4-9,13H2,1-3H3,(H,22,25);(H,6,7). The van der Waals surface area contributed by atoms with Crippen molar-refractivity contribution in [2.75, 3.05) is 43.9 Å². The molecule has 0 saturated heterocycles. The molecule has 1 saturated carbocycles. The van der Waals surface area contributed by atoms with Gasteiger partial charge in [0.05, 0.1) is 5.56 Å². The van der Waals surface area contributed by atoms with Crippen molar-refractivity contribution in [3.05, 3.63) is 40.8 Å². The largest absolute Gasteiger partial charge is 0.490 e. The zero-order chi connectivity index (χ0) is 25.8. The van der Waals surface area contributed by atoms with E-state index in [-0.39, 0.29) is 5.91 Å². The highest BCUT2D eigenvalue weighted by Gasteiger charge is 2.38. The average molecular weight is 495 g/mol. The first-order valence-electron chi connectivity index (χ1n) is 11.3. The Labute approximate surface area is 201 Å². The van der Waals surface area contributed by atoms with Crippen LogP contribution in [0.3, 0.4) is 0 Å². The lowest BCUT2D eigenvalue weighted by Gasteiger charge is -2.19. The van der Waals surface area contributed by atoms with Gasteiger partial charge in [0.2, 0.25) is 5.95 Å². The fraction of sp³-hybridized carbons (Fsp3) is 0.522. The van der Waals surface area contributed by atoms with E-state index in [1.165, 1.54) is 12.8 Å². The van der Waals surface area contributed by atoms with Gasteiger partial charge in [0.15, 0.2) is 0 Å². The van der Waals surface area contributed by atoms with Crippen molar-refractivity contribution >= 4 is 23.6 Å². The van der Waals surface area contributed by atoms with Crippen LogP contribution in [-0.4, -0.2) is 76.7 Å². The van der Waals surface area contributed by atoms with Gasteiger partial charge < -0.3 is 20.2 Å². The summed E-state index contributed by atoms with van der Waals surface area (Å²) in [6.07, 6.45) is 2.80. The lowest BCUT2D eigenvalue weighted by atomic mass is 10.0. The van der Waals surface area contributed by atoms with Gasteiger partial charge in [-0.15, -0.1) is 0 Å². The van der Waals surface area contributed by atoms with Crippen molar-refractivity contribution in [1.82, 2.24) is 19.9 Å².